The average Bonchev–Trinajstić information content (AvgIpc) is 2.76. The Bertz CT molecular complexity index is 371. The minimum Gasteiger partial charge on any atom is -0.467 e. The van der Waals surface area contributed by atoms with Crippen LogP contribution in [-0.2, 0) is 6.54 Å². The van der Waals surface area contributed by atoms with Crippen LogP contribution in [0.2, 0.25) is 0 Å². The molecule has 1 fully saturated rings. The molecule has 1 amide bonds. The molecule has 2 heterocycles. The molecule has 1 aliphatic heterocycles. The van der Waals surface area contributed by atoms with E-state index in [0.29, 0.717) is 17.9 Å². The van der Waals surface area contributed by atoms with E-state index in [1.807, 2.05) is 4.90 Å². The number of halogens is 1. The van der Waals surface area contributed by atoms with Crippen molar-refractivity contribution in [3.8, 4) is 0 Å². The maximum atomic E-state index is 12.2. The number of nitrogens with two attached hydrogens (primary N) is 1. The fourth-order valence-electron chi connectivity index (χ4n) is 2.23. The summed E-state index contributed by atoms with van der Waals surface area (Å²) in [4.78, 5) is 14.2. The fraction of sp³-hybridized carbons (Fsp3) is 0.615. The van der Waals surface area contributed by atoms with E-state index in [-0.39, 0.29) is 18.3 Å². The van der Waals surface area contributed by atoms with Crippen LogP contribution < -0.4 is 5.73 Å². The molecule has 1 aromatic heterocycles. The van der Waals surface area contributed by atoms with Gasteiger partial charge in [0, 0.05) is 13.1 Å². The van der Waals surface area contributed by atoms with Crippen molar-refractivity contribution < 1.29 is 9.21 Å². The standard InChI is InChI=1S/C13H20N2O2.ClH/c14-9-12-8-11(10-17-12)13(16)15-6-4-2-1-3-5-7-15;/h8,10H,1-7,9,14H2;1H. The van der Waals surface area contributed by atoms with Gasteiger partial charge in [0.05, 0.1) is 12.1 Å². The van der Waals surface area contributed by atoms with Crippen LogP contribution in [0.4, 0.5) is 0 Å². The lowest BCUT2D eigenvalue weighted by Crippen LogP contribution is -2.33. The van der Waals surface area contributed by atoms with Crippen LogP contribution in [0.1, 0.15) is 48.2 Å². The van der Waals surface area contributed by atoms with Crippen LogP contribution in [0.25, 0.3) is 0 Å². The second kappa shape index (κ2) is 7.44. The van der Waals surface area contributed by atoms with E-state index in [4.69, 9.17) is 10.2 Å². The number of rotatable bonds is 2. The van der Waals surface area contributed by atoms with Gasteiger partial charge in [-0.25, -0.2) is 0 Å². The molecular formula is C13H21ClN2O2. The highest BCUT2D eigenvalue weighted by atomic mass is 35.5. The number of amides is 1. The van der Waals surface area contributed by atoms with Crippen molar-refractivity contribution >= 4 is 18.3 Å². The number of likely N-dealkylation sites (tertiary alicyclic amines) is 1. The van der Waals surface area contributed by atoms with E-state index >= 15 is 0 Å². The van der Waals surface area contributed by atoms with Crippen molar-refractivity contribution in [1.29, 1.82) is 0 Å². The minimum atomic E-state index is 0. The summed E-state index contributed by atoms with van der Waals surface area (Å²) in [6, 6.07) is 1.75. The van der Waals surface area contributed by atoms with Gasteiger partial charge in [-0.3, -0.25) is 4.79 Å². The molecule has 5 heteroatoms. The van der Waals surface area contributed by atoms with Crippen LogP contribution in [-0.4, -0.2) is 23.9 Å². The molecule has 0 saturated carbocycles. The molecule has 102 valence electrons. The van der Waals surface area contributed by atoms with Crippen LogP contribution in [0.3, 0.4) is 0 Å². The molecule has 0 bridgehead atoms. The Balaban J connectivity index is 0.00000162. The predicted octanol–water partition coefficient (Wildman–Crippen LogP) is 2.57. The van der Waals surface area contributed by atoms with Gasteiger partial charge in [-0.1, -0.05) is 19.3 Å². The van der Waals surface area contributed by atoms with Crippen molar-refractivity contribution in [1.82, 2.24) is 4.90 Å². The van der Waals surface area contributed by atoms with Crippen LogP contribution in [0.15, 0.2) is 16.7 Å². The Kier molecular flexibility index (Phi) is 6.22. The molecule has 0 radical (unpaired) electrons. The van der Waals surface area contributed by atoms with Gasteiger partial charge in [0.1, 0.15) is 12.0 Å². The zero-order valence-corrected chi connectivity index (χ0v) is 11.4. The topological polar surface area (TPSA) is 59.5 Å². The van der Waals surface area contributed by atoms with Crippen molar-refractivity contribution in [3.05, 3.63) is 23.7 Å². The minimum absolute atomic E-state index is 0. The van der Waals surface area contributed by atoms with Crippen molar-refractivity contribution in [2.24, 2.45) is 5.73 Å². The largest absolute Gasteiger partial charge is 0.467 e. The van der Waals surface area contributed by atoms with Gasteiger partial charge < -0.3 is 15.1 Å². The summed E-state index contributed by atoms with van der Waals surface area (Å²) in [7, 11) is 0. The first kappa shape index (κ1) is 15.1. The summed E-state index contributed by atoms with van der Waals surface area (Å²) in [6.45, 7) is 2.07. The maximum Gasteiger partial charge on any atom is 0.257 e. The molecule has 0 spiro atoms. The molecule has 2 rings (SSSR count). The Morgan fingerprint density at radius 1 is 1.22 bits per heavy atom. The fourth-order valence-corrected chi connectivity index (χ4v) is 2.23. The first-order valence-electron chi connectivity index (χ1n) is 6.38. The van der Waals surface area contributed by atoms with Gasteiger partial charge in [0.2, 0.25) is 0 Å². The zero-order chi connectivity index (χ0) is 12.1. The first-order chi connectivity index (χ1) is 8.31. The summed E-state index contributed by atoms with van der Waals surface area (Å²) in [5, 5.41) is 0. The monoisotopic (exact) mass is 272 g/mol. The van der Waals surface area contributed by atoms with Crippen molar-refractivity contribution in [2.75, 3.05) is 13.1 Å². The number of carbonyl (C=O) groups excluding carboxylic acids is 1. The molecule has 2 N–H and O–H groups in total. The van der Waals surface area contributed by atoms with Gasteiger partial charge in [0.25, 0.3) is 5.91 Å². The van der Waals surface area contributed by atoms with E-state index in [0.717, 1.165) is 25.9 Å². The van der Waals surface area contributed by atoms with Gasteiger partial charge in [-0.2, -0.15) is 0 Å². The normalized spacial score (nSPS) is 16.6. The third-order valence-electron chi connectivity index (χ3n) is 3.25. The van der Waals surface area contributed by atoms with Crippen LogP contribution >= 0.6 is 12.4 Å². The van der Waals surface area contributed by atoms with E-state index < -0.39 is 0 Å². The summed E-state index contributed by atoms with van der Waals surface area (Å²) in [6.07, 6.45) is 7.47. The Morgan fingerprint density at radius 2 is 1.83 bits per heavy atom. The Hall–Kier alpha value is -1.00. The number of nitrogens with zero attached hydrogens (tertiary/aromatic N) is 1. The Morgan fingerprint density at radius 3 is 2.39 bits per heavy atom. The highest BCUT2D eigenvalue weighted by Gasteiger charge is 2.18. The second-order valence-electron chi connectivity index (χ2n) is 4.57. The summed E-state index contributed by atoms with van der Waals surface area (Å²) >= 11 is 0. The molecule has 1 aromatic rings. The lowest BCUT2D eigenvalue weighted by Gasteiger charge is -2.24. The lowest BCUT2D eigenvalue weighted by atomic mass is 10.1. The SMILES string of the molecule is Cl.NCc1cc(C(=O)N2CCCCCCC2)co1. The van der Waals surface area contributed by atoms with Gasteiger partial charge in [-0.05, 0) is 18.9 Å². The third kappa shape index (κ3) is 3.75. The molecule has 0 atom stereocenters. The molecule has 0 aromatic carbocycles. The molecule has 18 heavy (non-hydrogen) atoms. The third-order valence-corrected chi connectivity index (χ3v) is 3.25. The highest BCUT2D eigenvalue weighted by Crippen LogP contribution is 2.15. The van der Waals surface area contributed by atoms with Gasteiger partial charge in [-0.15, -0.1) is 12.4 Å². The number of hydrogen-bond acceptors (Lipinski definition) is 3. The first-order valence-corrected chi connectivity index (χ1v) is 6.38. The van der Waals surface area contributed by atoms with Crippen molar-refractivity contribution in [3.63, 3.8) is 0 Å². The summed E-state index contributed by atoms with van der Waals surface area (Å²) < 4.78 is 5.21. The molecule has 0 unspecified atom stereocenters. The summed E-state index contributed by atoms with van der Waals surface area (Å²) in [5.74, 6) is 0.746. The van der Waals surface area contributed by atoms with E-state index in [2.05, 4.69) is 0 Å². The average molecular weight is 273 g/mol. The van der Waals surface area contributed by atoms with E-state index in [1.165, 1.54) is 25.5 Å². The van der Waals surface area contributed by atoms with E-state index in [9.17, 15) is 4.79 Å². The number of carbonyl (C=O) groups is 1. The number of hydrogen-bond donors (Lipinski definition) is 1. The lowest BCUT2D eigenvalue weighted by molar-refractivity contribution is 0.0741. The smallest absolute Gasteiger partial charge is 0.257 e. The number of furan rings is 1. The van der Waals surface area contributed by atoms with Gasteiger partial charge in [0.15, 0.2) is 0 Å². The second-order valence-corrected chi connectivity index (χ2v) is 4.57. The van der Waals surface area contributed by atoms with Crippen LogP contribution in [0, 0.1) is 0 Å². The Labute approximate surface area is 114 Å². The molecule has 1 saturated heterocycles. The molecular weight excluding hydrogens is 252 g/mol. The summed E-state index contributed by atoms with van der Waals surface area (Å²) in [5.41, 5.74) is 6.10. The van der Waals surface area contributed by atoms with E-state index in [1.54, 1.807) is 6.07 Å². The van der Waals surface area contributed by atoms with Gasteiger partial charge >= 0.3 is 0 Å². The molecule has 4 nitrogen and oxygen atoms in total. The maximum absolute atomic E-state index is 12.2. The van der Waals surface area contributed by atoms with Crippen molar-refractivity contribution in [2.45, 2.75) is 38.6 Å². The highest BCUT2D eigenvalue weighted by molar-refractivity contribution is 5.94. The molecule has 0 aliphatic carbocycles. The predicted molar refractivity (Wildman–Crippen MR) is 72.8 cm³/mol. The molecule has 1 aliphatic rings. The zero-order valence-electron chi connectivity index (χ0n) is 10.6. The quantitative estimate of drug-likeness (QED) is 0.900. The van der Waals surface area contributed by atoms with Crippen LogP contribution in [0.5, 0.6) is 0 Å².